The smallest absolute Gasteiger partial charge is 0.309 e. The van der Waals surface area contributed by atoms with Gasteiger partial charge in [-0.15, -0.1) is 0 Å². The number of piperidine rings is 1. The number of aryl methyl sites for hydroxylation is 1. The maximum Gasteiger partial charge on any atom is 0.309 e. The van der Waals surface area contributed by atoms with Gasteiger partial charge in [0.25, 0.3) is 6.01 Å². The zero-order valence-electron chi connectivity index (χ0n) is 23.0. The molecule has 0 bridgehead atoms. The Balaban J connectivity index is 1.13. The summed E-state index contributed by atoms with van der Waals surface area (Å²) in [6.07, 6.45) is 3.92. The van der Waals surface area contributed by atoms with Gasteiger partial charge in [-0.25, -0.2) is 0 Å². The molecule has 3 fully saturated rings. The van der Waals surface area contributed by atoms with E-state index in [2.05, 4.69) is 15.1 Å². The maximum absolute atomic E-state index is 11.5. The number of rotatable bonds is 7. The van der Waals surface area contributed by atoms with E-state index in [-0.39, 0.29) is 6.04 Å². The van der Waals surface area contributed by atoms with E-state index in [1.54, 1.807) is 6.07 Å². The third-order valence-electron chi connectivity index (χ3n) is 9.32. The van der Waals surface area contributed by atoms with Gasteiger partial charge in [0.1, 0.15) is 5.52 Å². The zero-order chi connectivity index (χ0) is 28.3. The minimum absolute atomic E-state index is 0.132. The van der Waals surface area contributed by atoms with Gasteiger partial charge in [0.2, 0.25) is 0 Å². The molecule has 214 valence electrons. The van der Waals surface area contributed by atoms with Gasteiger partial charge in [0.15, 0.2) is 5.58 Å². The van der Waals surface area contributed by atoms with Crippen LogP contribution < -0.4 is 10.2 Å². The van der Waals surface area contributed by atoms with Gasteiger partial charge in [-0.05, 0) is 94.2 Å². The SMILES string of the molecule is Cc1cc2nc(N3CC([C@H]4CCCN(C5CC(C)(C(=O)O)C5)C4)C3)oc2c(N[C@H](C)c2ccc(Cl)cc2Cl)c1Cl. The van der Waals surface area contributed by atoms with Gasteiger partial charge in [-0.2, -0.15) is 4.98 Å². The van der Waals surface area contributed by atoms with E-state index in [0.29, 0.717) is 50.2 Å². The lowest BCUT2D eigenvalue weighted by atomic mass is 9.65. The Morgan fingerprint density at radius 2 is 1.93 bits per heavy atom. The molecule has 3 aliphatic rings. The van der Waals surface area contributed by atoms with Crippen LogP contribution in [0, 0.1) is 24.2 Å². The quantitative estimate of drug-likeness (QED) is 0.286. The molecule has 10 heteroatoms. The fourth-order valence-electron chi connectivity index (χ4n) is 6.71. The van der Waals surface area contributed by atoms with Crippen LogP contribution in [-0.4, -0.2) is 53.2 Å². The molecule has 2 N–H and O–H groups in total. The van der Waals surface area contributed by atoms with Crippen molar-refractivity contribution in [3.63, 3.8) is 0 Å². The van der Waals surface area contributed by atoms with Crippen molar-refractivity contribution in [1.29, 1.82) is 0 Å². The molecule has 7 nitrogen and oxygen atoms in total. The zero-order valence-corrected chi connectivity index (χ0v) is 25.3. The lowest BCUT2D eigenvalue weighted by Gasteiger charge is -2.52. The largest absolute Gasteiger partial charge is 0.481 e. The summed E-state index contributed by atoms with van der Waals surface area (Å²) in [6, 6.07) is 8.34. The van der Waals surface area contributed by atoms with Crippen LogP contribution in [0.3, 0.4) is 0 Å². The van der Waals surface area contributed by atoms with Gasteiger partial charge in [0, 0.05) is 35.7 Å². The molecule has 2 saturated heterocycles. The first kappa shape index (κ1) is 28.0. The van der Waals surface area contributed by atoms with Crippen molar-refractivity contribution in [2.45, 2.75) is 58.5 Å². The van der Waals surface area contributed by atoms with E-state index < -0.39 is 11.4 Å². The summed E-state index contributed by atoms with van der Waals surface area (Å²) < 4.78 is 6.34. The number of aromatic nitrogens is 1. The molecule has 2 atom stereocenters. The Morgan fingerprint density at radius 3 is 2.62 bits per heavy atom. The second kappa shape index (κ2) is 10.6. The summed E-state index contributed by atoms with van der Waals surface area (Å²) in [5.74, 6) is 0.534. The Bertz CT molecular complexity index is 1450. The van der Waals surface area contributed by atoms with Crippen molar-refractivity contribution in [1.82, 2.24) is 9.88 Å². The normalized spacial score (nSPS) is 26.4. The van der Waals surface area contributed by atoms with Crippen molar-refractivity contribution in [3.8, 4) is 0 Å². The van der Waals surface area contributed by atoms with Crippen LogP contribution in [0.25, 0.3) is 11.1 Å². The fourth-order valence-corrected chi connectivity index (χ4v) is 7.48. The van der Waals surface area contributed by atoms with E-state index in [9.17, 15) is 9.90 Å². The Hall–Kier alpha value is -2.19. The maximum atomic E-state index is 11.5. The lowest BCUT2D eigenvalue weighted by Crippen LogP contribution is -2.58. The van der Waals surface area contributed by atoms with E-state index in [1.165, 1.54) is 12.8 Å². The van der Waals surface area contributed by atoms with Crippen LogP contribution in [0.15, 0.2) is 28.7 Å². The highest BCUT2D eigenvalue weighted by molar-refractivity contribution is 6.36. The molecular formula is C30H35Cl3N4O3. The number of likely N-dealkylation sites (tertiary alicyclic amines) is 1. The highest BCUT2D eigenvalue weighted by Gasteiger charge is 2.49. The van der Waals surface area contributed by atoms with Gasteiger partial charge >= 0.3 is 5.97 Å². The molecule has 6 rings (SSSR count). The molecule has 1 saturated carbocycles. The second-order valence-corrected chi connectivity index (χ2v) is 13.5. The predicted molar refractivity (Wildman–Crippen MR) is 161 cm³/mol. The van der Waals surface area contributed by atoms with Crippen LogP contribution in [0.5, 0.6) is 0 Å². The summed E-state index contributed by atoms with van der Waals surface area (Å²) in [5.41, 5.74) is 3.41. The van der Waals surface area contributed by atoms with Crippen LogP contribution in [-0.2, 0) is 4.79 Å². The van der Waals surface area contributed by atoms with E-state index in [0.717, 1.165) is 55.7 Å². The average molecular weight is 606 g/mol. The third-order valence-corrected chi connectivity index (χ3v) is 10.4. The first-order valence-electron chi connectivity index (χ1n) is 14.1. The van der Waals surface area contributed by atoms with E-state index in [1.807, 2.05) is 39.0 Å². The van der Waals surface area contributed by atoms with Crippen molar-refractivity contribution in [3.05, 3.63) is 50.5 Å². The molecule has 0 amide bonds. The van der Waals surface area contributed by atoms with Crippen molar-refractivity contribution in [2.75, 3.05) is 36.4 Å². The summed E-state index contributed by atoms with van der Waals surface area (Å²) in [4.78, 5) is 21.1. The molecule has 3 heterocycles. The number of hydrogen-bond donors (Lipinski definition) is 2. The first-order valence-corrected chi connectivity index (χ1v) is 15.2. The summed E-state index contributed by atoms with van der Waals surface area (Å²) in [7, 11) is 0. The van der Waals surface area contributed by atoms with Crippen LogP contribution in [0.2, 0.25) is 15.1 Å². The number of carboxylic acid groups (broad SMARTS) is 1. The molecule has 3 aromatic rings. The number of nitrogens with zero attached hydrogens (tertiary/aromatic N) is 3. The number of aliphatic carboxylic acids is 1. The second-order valence-electron chi connectivity index (χ2n) is 12.2. The van der Waals surface area contributed by atoms with Crippen LogP contribution in [0.4, 0.5) is 11.7 Å². The minimum atomic E-state index is -0.664. The standard InChI is InChI=1S/C30H35Cl3N4O3/c1-16-9-24-27(26(25(16)33)34-17(2)22-7-6-20(31)10-23(22)32)40-29(35-24)37-14-19(15-37)18-5-4-8-36(13-18)21-11-30(3,12-21)28(38)39/h6-7,9-10,17-19,21,34H,4-5,8,11-15H2,1-3H3,(H,38,39)/t17-,18+,21?,30?/m1/s1. The Labute approximate surface area is 249 Å². The third kappa shape index (κ3) is 5.04. The first-order chi connectivity index (χ1) is 19.0. The number of nitrogens with one attached hydrogen (secondary N) is 1. The van der Waals surface area contributed by atoms with Gasteiger partial charge < -0.3 is 24.6 Å². The fraction of sp³-hybridized carbons (Fsp3) is 0.533. The van der Waals surface area contributed by atoms with Crippen LogP contribution in [0.1, 0.15) is 56.7 Å². The molecule has 0 radical (unpaired) electrons. The monoisotopic (exact) mass is 604 g/mol. The number of carbonyl (C=O) groups is 1. The van der Waals surface area contributed by atoms with Gasteiger partial charge in [-0.3, -0.25) is 4.79 Å². The molecule has 40 heavy (non-hydrogen) atoms. The summed E-state index contributed by atoms with van der Waals surface area (Å²) in [5, 5.41) is 14.8. The molecule has 0 unspecified atom stereocenters. The molecule has 0 spiro atoms. The predicted octanol–water partition coefficient (Wildman–Crippen LogP) is 7.67. The Morgan fingerprint density at radius 1 is 1.18 bits per heavy atom. The van der Waals surface area contributed by atoms with E-state index >= 15 is 0 Å². The molecular weight excluding hydrogens is 571 g/mol. The highest BCUT2D eigenvalue weighted by Crippen LogP contribution is 2.46. The number of anilines is 2. The number of halogens is 3. The molecule has 2 aromatic carbocycles. The topological polar surface area (TPSA) is 81.8 Å². The van der Waals surface area contributed by atoms with Crippen molar-refractivity contribution >= 4 is 63.6 Å². The van der Waals surface area contributed by atoms with Crippen LogP contribution >= 0.6 is 34.8 Å². The number of carboxylic acids is 1. The summed E-state index contributed by atoms with van der Waals surface area (Å²) in [6.45, 7) is 9.83. The molecule has 2 aliphatic heterocycles. The number of benzene rings is 2. The molecule has 1 aromatic heterocycles. The van der Waals surface area contributed by atoms with Crippen molar-refractivity contribution < 1.29 is 14.3 Å². The number of fused-ring (bicyclic) bond motifs is 1. The molecule has 1 aliphatic carbocycles. The Kier molecular flexibility index (Phi) is 7.39. The summed E-state index contributed by atoms with van der Waals surface area (Å²) >= 11 is 19.3. The minimum Gasteiger partial charge on any atom is -0.481 e. The average Bonchev–Trinajstić information content (AvgIpc) is 3.26. The highest BCUT2D eigenvalue weighted by atomic mass is 35.5. The number of hydrogen-bond acceptors (Lipinski definition) is 6. The lowest BCUT2D eigenvalue weighted by molar-refractivity contribution is -0.158. The van der Waals surface area contributed by atoms with Crippen molar-refractivity contribution in [2.24, 2.45) is 17.3 Å². The number of oxazole rings is 1. The van der Waals surface area contributed by atoms with E-state index in [4.69, 9.17) is 44.2 Å². The van der Waals surface area contributed by atoms with Gasteiger partial charge in [-0.1, -0.05) is 40.9 Å². The van der Waals surface area contributed by atoms with Gasteiger partial charge in [0.05, 0.1) is 22.2 Å².